The highest BCUT2D eigenvalue weighted by molar-refractivity contribution is 9.11. The van der Waals surface area contributed by atoms with E-state index in [0.29, 0.717) is 4.88 Å². The van der Waals surface area contributed by atoms with Gasteiger partial charge in [-0.1, -0.05) is 15.9 Å². The Balaban J connectivity index is 2.21. The predicted molar refractivity (Wildman–Crippen MR) is 83.6 cm³/mol. The quantitative estimate of drug-likeness (QED) is 0.757. The van der Waals surface area contributed by atoms with Gasteiger partial charge >= 0.3 is 0 Å². The lowest BCUT2D eigenvalue weighted by Gasteiger charge is -2.07. The number of anilines is 1. The molecule has 0 saturated heterocycles. The van der Waals surface area contributed by atoms with Gasteiger partial charge in [-0.05, 0) is 65.2 Å². The van der Waals surface area contributed by atoms with Crippen LogP contribution >= 0.6 is 43.2 Å². The number of carbonyl (C=O) groups excluding carboxylic acids is 1. The monoisotopic (exact) mass is 387 g/mol. The smallest absolute Gasteiger partial charge is 0.265 e. The van der Waals surface area contributed by atoms with Crippen molar-refractivity contribution < 1.29 is 4.79 Å². The molecule has 0 atom stereocenters. The normalized spacial score (nSPS) is 10.4. The SMILES string of the molecule is Cc1cc(Br)ccc1NC(=O)c1cc(C)c(Br)s1. The Kier molecular flexibility index (Phi) is 4.25. The van der Waals surface area contributed by atoms with Crippen LogP contribution in [-0.2, 0) is 0 Å². The second-order valence-electron chi connectivity index (χ2n) is 3.98. The highest BCUT2D eigenvalue weighted by Gasteiger charge is 2.12. The van der Waals surface area contributed by atoms with Crippen LogP contribution in [-0.4, -0.2) is 5.91 Å². The highest BCUT2D eigenvalue weighted by Crippen LogP contribution is 2.28. The van der Waals surface area contributed by atoms with E-state index in [1.165, 1.54) is 11.3 Å². The van der Waals surface area contributed by atoms with Crippen molar-refractivity contribution in [3.05, 3.63) is 48.5 Å². The van der Waals surface area contributed by atoms with Gasteiger partial charge in [0.15, 0.2) is 0 Å². The Bertz CT molecular complexity index is 588. The largest absolute Gasteiger partial charge is 0.321 e. The number of carbonyl (C=O) groups is 1. The number of benzene rings is 1. The van der Waals surface area contributed by atoms with Gasteiger partial charge in [0.25, 0.3) is 5.91 Å². The Hall–Kier alpha value is -0.650. The lowest BCUT2D eigenvalue weighted by Crippen LogP contribution is -2.11. The molecule has 2 nitrogen and oxygen atoms in total. The molecule has 1 amide bonds. The molecule has 1 heterocycles. The molecule has 2 rings (SSSR count). The first-order chi connectivity index (χ1) is 8.47. The highest BCUT2D eigenvalue weighted by atomic mass is 79.9. The zero-order chi connectivity index (χ0) is 13.3. The Morgan fingerprint density at radius 1 is 1.17 bits per heavy atom. The number of rotatable bonds is 2. The lowest BCUT2D eigenvalue weighted by atomic mass is 10.2. The van der Waals surface area contributed by atoms with E-state index in [2.05, 4.69) is 37.2 Å². The van der Waals surface area contributed by atoms with E-state index in [1.807, 2.05) is 38.1 Å². The van der Waals surface area contributed by atoms with Crippen molar-refractivity contribution in [1.82, 2.24) is 0 Å². The summed E-state index contributed by atoms with van der Waals surface area (Å²) < 4.78 is 2.01. The Morgan fingerprint density at radius 3 is 2.44 bits per heavy atom. The maximum atomic E-state index is 12.1. The summed E-state index contributed by atoms with van der Waals surface area (Å²) in [5, 5.41) is 2.92. The second-order valence-corrected chi connectivity index (χ2v) is 7.27. The molecule has 5 heteroatoms. The van der Waals surface area contributed by atoms with Crippen LogP contribution in [0.4, 0.5) is 5.69 Å². The molecule has 2 aromatic rings. The third kappa shape index (κ3) is 3.02. The first kappa shape index (κ1) is 13.8. The summed E-state index contributed by atoms with van der Waals surface area (Å²) in [6, 6.07) is 7.68. The van der Waals surface area contributed by atoms with Gasteiger partial charge in [0, 0.05) is 10.2 Å². The van der Waals surface area contributed by atoms with E-state index in [4.69, 9.17) is 0 Å². The van der Waals surface area contributed by atoms with Crippen LogP contribution in [0.25, 0.3) is 0 Å². The maximum absolute atomic E-state index is 12.1. The van der Waals surface area contributed by atoms with Crippen LogP contribution in [0.5, 0.6) is 0 Å². The Labute approximate surface area is 127 Å². The van der Waals surface area contributed by atoms with Crippen LogP contribution in [0.15, 0.2) is 32.5 Å². The van der Waals surface area contributed by atoms with Crippen molar-refractivity contribution >= 4 is 54.8 Å². The van der Waals surface area contributed by atoms with E-state index in [0.717, 1.165) is 25.1 Å². The van der Waals surface area contributed by atoms with Gasteiger partial charge in [-0.2, -0.15) is 0 Å². The summed E-state index contributed by atoms with van der Waals surface area (Å²) in [4.78, 5) is 12.8. The van der Waals surface area contributed by atoms with E-state index in [9.17, 15) is 4.79 Å². The fourth-order valence-corrected chi connectivity index (χ4v) is 3.43. The minimum atomic E-state index is -0.0702. The number of amides is 1. The summed E-state index contributed by atoms with van der Waals surface area (Å²) in [6.07, 6.45) is 0. The number of hydrogen-bond donors (Lipinski definition) is 1. The van der Waals surface area contributed by atoms with Crippen LogP contribution in [0.3, 0.4) is 0 Å². The molecule has 1 N–H and O–H groups in total. The number of hydrogen-bond acceptors (Lipinski definition) is 2. The molecule has 18 heavy (non-hydrogen) atoms. The molecule has 94 valence electrons. The van der Waals surface area contributed by atoms with Crippen molar-refractivity contribution in [2.45, 2.75) is 13.8 Å². The van der Waals surface area contributed by atoms with Crippen molar-refractivity contribution in [3.63, 3.8) is 0 Å². The van der Waals surface area contributed by atoms with Gasteiger partial charge in [-0.25, -0.2) is 0 Å². The molecule has 0 aliphatic heterocycles. The van der Waals surface area contributed by atoms with E-state index in [1.54, 1.807) is 0 Å². The van der Waals surface area contributed by atoms with Gasteiger partial charge in [-0.3, -0.25) is 4.79 Å². The molecule has 0 spiro atoms. The topological polar surface area (TPSA) is 29.1 Å². The molecule has 0 fully saturated rings. The van der Waals surface area contributed by atoms with Crippen molar-refractivity contribution in [2.24, 2.45) is 0 Å². The van der Waals surface area contributed by atoms with Crippen LogP contribution < -0.4 is 5.32 Å². The van der Waals surface area contributed by atoms with Gasteiger partial charge < -0.3 is 5.32 Å². The average Bonchev–Trinajstić information content (AvgIpc) is 2.63. The maximum Gasteiger partial charge on any atom is 0.265 e. The first-order valence-corrected chi connectivity index (χ1v) is 7.71. The first-order valence-electron chi connectivity index (χ1n) is 5.31. The summed E-state index contributed by atoms with van der Waals surface area (Å²) >= 11 is 8.28. The summed E-state index contributed by atoms with van der Waals surface area (Å²) in [5.74, 6) is -0.0702. The molecule has 1 aromatic carbocycles. The van der Waals surface area contributed by atoms with Crippen molar-refractivity contribution in [2.75, 3.05) is 5.32 Å². The van der Waals surface area contributed by atoms with Crippen LogP contribution in [0.2, 0.25) is 0 Å². The van der Waals surface area contributed by atoms with Crippen molar-refractivity contribution in [1.29, 1.82) is 0 Å². The summed E-state index contributed by atoms with van der Waals surface area (Å²) in [5.41, 5.74) is 2.95. The number of aryl methyl sites for hydroxylation is 2. The zero-order valence-corrected chi connectivity index (χ0v) is 13.9. The van der Waals surface area contributed by atoms with Gasteiger partial charge in [-0.15, -0.1) is 11.3 Å². The van der Waals surface area contributed by atoms with Crippen LogP contribution in [0.1, 0.15) is 20.8 Å². The fourth-order valence-electron chi connectivity index (χ4n) is 1.52. The van der Waals surface area contributed by atoms with Crippen LogP contribution in [0, 0.1) is 13.8 Å². The van der Waals surface area contributed by atoms with Gasteiger partial charge in [0.05, 0.1) is 8.66 Å². The molecule has 0 aliphatic carbocycles. The van der Waals surface area contributed by atoms with Gasteiger partial charge in [0.1, 0.15) is 0 Å². The second kappa shape index (κ2) is 5.55. The molecule has 0 unspecified atom stereocenters. The van der Waals surface area contributed by atoms with Gasteiger partial charge in [0.2, 0.25) is 0 Å². The molecule has 0 saturated carbocycles. The number of nitrogens with one attached hydrogen (secondary N) is 1. The summed E-state index contributed by atoms with van der Waals surface area (Å²) in [7, 11) is 0. The van der Waals surface area contributed by atoms with E-state index >= 15 is 0 Å². The molecule has 0 aliphatic rings. The standard InChI is InChI=1S/C13H11Br2NOS/c1-7-5-9(14)3-4-10(7)16-13(17)11-6-8(2)12(15)18-11/h3-6H,1-2H3,(H,16,17). The Morgan fingerprint density at radius 2 is 1.89 bits per heavy atom. The lowest BCUT2D eigenvalue weighted by molar-refractivity contribution is 0.103. The van der Waals surface area contributed by atoms with Crippen molar-refractivity contribution in [3.8, 4) is 0 Å². The average molecular weight is 389 g/mol. The number of halogens is 2. The summed E-state index contributed by atoms with van der Waals surface area (Å²) in [6.45, 7) is 3.94. The predicted octanol–water partition coefficient (Wildman–Crippen LogP) is 5.14. The van der Waals surface area contributed by atoms with E-state index in [-0.39, 0.29) is 5.91 Å². The third-order valence-electron chi connectivity index (χ3n) is 2.52. The fraction of sp³-hybridized carbons (Fsp3) is 0.154. The molecular formula is C13H11Br2NOS. The molecular weight excluding hydrogens is 378 g/mol. The third-order valence-corrected chi connectivity index (χ3v) is 5.15. The minimum Gasteiger partial charge on any atom is -0.321 e. The zero-order valence-electron chi connectivity index (χ0n) is 9.88. The molecule has 0 bridgehead atoms. The number of thiophene rings is 1. The minimum absolute atomic E-state index is 0.0702. The molecule has 0 radical (unpaired) electrons. The van der Waals surface area contributed by atoms with E-state index < -0.39 is 0 Å². The molecule has 1 aromatic heterocycles.